The van der Waals surface area contributed by atoms with Crippen LogP contribution in [0.25, 0.3) is 0 Å². The Morgan fingerprint density at radius 1 is 1.21 bits per heavy atom. The molecule has 0 radical (unpaired) electrons. The van der Waals surface area contributed by atoms with Crippen LogP contribution >= 0.6 is 0 Å². The molecule has 0 saturated carbocycles. The van der Waals surface area contributed by atoms with Crippen molar-refractivity contribution in [3.05, 3.63) is 0 Å². The first-order valence-corrected chi connectivity index (χ1v) is 5.90. The van der Waals surface area contributed by atoms with Gasteiger partial charge in [0.1, 0.15) is 0 Å². The van der Waals surface area contributed by atoms with Crippen molar-refractivity contribution in [3.8, 4) is 0 Å². The van der Waals surface area contributed by atoms with Crippen LogP contribution in [0.2, 0.25) is 0 Å². The monoisotopic (exact) mass is 275 g/mol. The van der Waals surface area contributed by atoms with Crippen LogP contribution < -0.4 is 16.0 Å². The first-order chi connectivity index (χ1) is 8.85. The van der Waals surface area contributed by atoms with E-state index in [2.05, 4.69) is 16.0 Å². The summed E-state index contributed by atoms with van der Waals surface area (Å²) in [6.07, 6.45) is -0.808. The van der Waals surface area contributed by atoms with Gasteiger partial charge in [0.05, 0.1) is 19.1 Å². The lowest BCUT2D eigenvalue weighted by molar-refractivity contribution is -0.139. The Labute approximate surface area is 111 Å². The molecule has 0 aliphatic heterocycles. The summed E-state index contributed by atoms with van der Waals surface area (Å²) in [6, 6.07) is -0.544. The van der Waals surface area contributed by atoms with Gasteiger partial charge < -0.3 is 25.8 Å². The van der Waals surface area contributed by atoms with E-state index in [0.717, 1.165) is 0 Å². The molecule has 0 aromatic rings. The molecule has 0 aromatic heterocycles. The lowest BCUT2D eigenvalue weighted by atomic mass is 10.2. The number of carboxylic acids is 1. The number of rotatable bonds is 8. The van der Waals surface area contributed by atoms with Crippen molar-refractivity contribution in [2.75, 3.05) is 20.2 Å². The standard InChI is InChI=1S/C11H21N3O5/c1-7(2)14-9(15)6-13-11(18)12-5-8(19-3)4-10(16)17/h7-8H,4-6H2,1-3H3,(H,14,15)(H,16,17)(H2,12,13,18). The van der Waals surface area contributed by atoms with Gasteiger partial charge in [-0.3, -0.25) is 9.59 Å². The van der Waals surface area contributed by atoms with Crippen molar-refractivity contribution < 1.29 is 24.2 Å². The van der Waals surface area contributed by atoms with Crippen molar-refractivity contribution in [2.24, 2.45) is 0 Å². The number of methoxy groups -OCH3 is 1. The maximum atomic E-state index is 11.3. The van der Waals surface area contributed by atoms with E-state index >= 15 is 0 Å². The highest BCUT2D eigenvalue weighted by Crippen LogP contribution is 1.95. The Morgan fingerprint density at radius 3 is 2.32 bits per heavy atom. The predicted octanol–water partition coefficient (Wildman–Crippen LogP) is -0.700. The normalized spacial score (nSPS) is 11.8. The highest BCUT2D eigenvalue weighted by molar-refractivity contribution is 5.84. The minimum Gasteiger partial charge on any atom is -0.481 e. The van der Waals surface area contributed by atoms with Crippen LogP contribution in [-0.2, 0) is 14.3 Å². The lowest BCUT2D eigenvalue weighted by Gasteiger charge is -2.14. The molecule has 4 N–H and O–H groups in total. The third-order valence-electron chi connectivity index (χ3n) is 2.09. The lowest BCUT2D eigenvalue weighted by Crippen LogP contribution is -2.45. The number of nitrogens with one attached hydrogen (secondary N) is 3. The fourth-order valence-electron chi connectivity index (χ4n) is 1.24. The average Bonchev–Trinajstić information content (AvgIpc) is 2.30. The minimum atomic E-state index is -1.01. The molecule has 0 aliphatic rings. The fraction of sp³-hybridized carbons (Fsp3) is 0.727. The molecule has 0 aliphatic carbocycles. The topological polar surface area (TPSA) is 117 Å². The number of carbonyl (C=O) groups excluding carboxylic acids is 2. The van der Waals surface area contributed by atoms with Gasteiger partial charge in [-0.15, -0.1) is 0 Å². The molecule has 1 unspecified atom stereocenters. The Hall–Kier alpha value is -1.83. The van der Waals surface area contributed by atoms with E-state index in [0.29, 0.717) is 0 Å². The summed E-state index contributed by atoms with van der Waals surface area (Å²) in [6.45, 7) is 3.54. The van der Waals surface area contributed by atoms with Crippen molar-refractivity contribution in [1.82, 2.24) is 16.0 Å². The molecule has 8 heteroatoms. The van der Waals surface area contributed by atoms with E-state index in [9.17, 15) is 14.4 Å². The first-order valence-electron chi connectivity index (χ1n) is 5.90. The molecular weight excluding hydrogens is 254 g/mol. The molecule has 0 rings (SSSR count). The second-order valence-corrected chi connectivity index (χ2v) is 4.24. The first kappa shape index (κ1) is 17.2. The number of hydrogen-bond acceptors (Lipinski definition) is 4. The number of aliphatic carboxylic acids is 1. The van der Waals surface area contributed by atoms with Gasteiger partial charge in [-0.2, -0.15) is 0 Å². The maximum Gasteiger partial charge on any atom is 0.315 e. The number of carboxylic acid groups (broad SMARTS) is 1. The van der Waals surface area contributed by atoms with Crippen LogP contribution in [0.3, 0.4) is 0 Å². The fourth-order valence-corrected chi connectivity index (χ4v) is 1.24. The van der Waals surface area contributed by atoms with Gasteiger partial charge in [-0.25, -0.2) is 4.79 Å². The summed E-state index contributed by atoms with van der Waals surface area (Å²) >= 11 is 0. The van der Waals surface area contributed by atoms with Crippen LogP contribution in [-0.4, -0.2) is 55.4 Å². The number of amides is 3. The van der Waals surface area contributed by atoms with Gasteiger partial charge in [0.2, 0.25) is 5.91 Å². The number of carbonyl (C=O) groups is 3. The summed E-state index contributed by atoms with van der Waals surface area (Å²) in [5.41, 5.74) is 0. The van der Waals surface area contributed by atoms with Crippen molar-refractivity contribution >= 4 is 17.9 Å². The van der Waals surface area contributed by atoms with Gasteiger partial charge >= 0.3 is 12.0 Å². The molecule has 0 spiro atoms. The second-order valence-electron chi connectivity index (χ2n) is 4.24. The summed E-state index contributed by atoms with van der Waals surface area (Å²) in [4.78, 5) is 33.0. The summed E-state index contributed by atoms with van der Waals surface area (Å²) in [7, 11) is 1.36. The smallest absolute Gasteiger partial charge is 0.315 e. The van der Waals surface area contributed by atoms with Crippen LogP contribution in [0.4, 0.5) is 4.79 Å². The predicted molar refractivity (Wildman–Crippen MR) is 67.7 cm³/mol. The molecule has 0 aromatic carbocycles. The molecule has 19 heavy (non-hydrogen) atoms. The number of hydrogen-bond donors (Lipinski definition) is 4. The van der Waals surface area contributed by atoms with Crippen LogP contribution in [0.5, 0.6) is 0 Å². The Morgan fingerprint density at radius 2 is 1.84 bits per heavy atom. The molecule has 110 valence electrons. The molecule has 0 fully saturated rings. The van der Waals surface area contributed by atoms with Gasteiger partial charge in [0, 0.05) is 19.7 Å². The van der Waals surface area contributed by atoms with E-state index in [1.54, 1.807) is 0 Å². The Bertz CT molecular complexity index is 319. The van der Waals surface area contributed by atoms with Crippen LogP contribution in [0.1, 0.15) is 20.3 Å². The number of ether oxygens (including phenoxy) is 1. The largest absolute Gasteiger partial charge is 0.481 e. The zero-order chi connectivity index (χ0) is 14.8. The van der Waals surface area contributed by atoms with E-state index < -0.39 is 18.1 Å². The zero-order valence-electron chi connectivity index (χ0n) is 11.4. The van der Waals surface area contributed by atoms with Gasteiger partial charge in [-0.05, 0) is 13.8 Å². The number of urea groups is 1. The highest BCUT2D eigenvalue weighted by Gasteiger charge is 2.13. The summed E-state index contributed by atoms with van der Waals surface area (Å²) in [5.74, 6) is -1.30. The third kappa shape index (κ3) is 9.83. The summed E-state index contributed by atoms with van der Waals surface area (Å²) in [5, 5.41) is 16.0. The van der Waals surface area contributed by atoms with Gasteiger partial charge in [0.15, 0.2) is 0 Å². The van der Waals surface area contributed by atoms with E-state index in [1.807, 2.05) is 13.8 Å². The van der Waals surface area contributed by atoms with E-state index in [1.165, 1.54) is 7.11 Å². The molecule has 0 saturated heterocycles. The van der Waals surface area contributed by atoms with Crippen LogP contribution in [0, 0.1) is 0 Å². The molecular formula is C11H21N3O5. The maximum absolute atomic E-state index is 11.3. The van der Waals surface area contributed by atoms with Crippen molar-refractivity contribution in [3.63, 3.8) is 0 Å². The summed E-state index contributed by atoms with van der Waals surface area (Å²) < 4.78 is 4.89. The quantitative estimate of drug-likeness (QED) is 0.467. The minimum absolute atomic E-state index is 0.00537. The Kier molecular flexibility index (Phi) is 8.27. The van der Waals surface area contributed by atoms with E-state index in [-0.39, 0.29) is 31.5 Å². The SMILES string of the molecule is COC(CNC(=O)NCC(=O)NC(C)C)CC(=O)O. The second kappa shape index (κ2) is 9.15. The molecule has 0 bridgehead atoms. The molecule has 3 amide bonds. The van der Waals surface area contributed by atoms with Crippen LogP contribution in [0.15, 0.2) is 0 Å². The molecule has 1 atom stereocenters. The molecule has 8 nitrogen and oxygen atoms in total. The highest BCUT2D eigenvalue weighted by atomic mass is 16.5. The Balaban J connectivity index is 3.85. The van der Waals surface area contributed by atoms with Crippen molar-refractivity contribution in [2.45, 2.75) is 32.4 Å². The van der Waals surface area contributed by atoms with Gasteiger partial charge in [0.25, 0.3) is 0 Å². The van der Waals surface area contributed by atoms with E-state index in [4.69, 9.17) is 9.84 Å². The zero-order valence-corrected chi connectivity index (χ0v) is 11.4. The average molecular weight is 275 g/mol. The van der Waals surface area contributed by atoms with Crippen molar-refractivity contribution in [1.29, 1.82) is 0 Å². The van der Waals surface area contributed by atoms with Gasteiger partial charge in [-0.1, -0.05) is 0 Å². The molecule has 0 heterocycles. The third-order valence-corrected chi connectivity index (χ3v) is 2.09.